The van der Waals surface area contributed by atoms with Gasteiger partial charge in [-0.3, -0.25) is 4.79 Å². The first-order valence-electron chi connectivity index (χ1n) is 14.5. The van der Waals surface area contributed by atoms with Crippen LogP contribution in [0.2, 0.25) is 0 Å². The number of carbonyl (C=O) groups is 1. The highest BCUT2D eigenvalue weighted by Gasteiger charge is 2.41. The van der Waals surface area contributed by atoms with Gasteiger partial charge in [-0.1, -0.05) is 25.8 Å². The molecule has 1 aromatic heterocycles. The zero-order valence-electron chi connectivity index (χ0n) is 23.2. The fourth-order valence-corrected chi connectivity index (χ4v) is 5.79. The number of likely N-dealkylation sites (N-methyl/N-ethyl adjacent to an activating group) is 1. The fourth-order valence-electron chi connectivity index (χ4n) is 5.79. The van der Waals surface area contributed by atoms with Crippen molar-refractivity contribution in [2.45, 2.75) is 70.1 Å². The van der Waals surface area contributed by atoms with Crippen LogP contribution in [-0.4, -0.2) is 80.6 Å². The van der Waals surface area contributed by atoms with E-state index in [4.69, 9.17) is 19.2 Å². The number of nitrogens with one attached hydrogen (secondary N) is 2. The Labute approximate surface area is 231 Å². The number of benzene rings is 1. The van der Waals surface area contributed by atoms with Gasteiger partial charge in [-0.2, -0.15) is 4.98 Å². The lowest BCUT2D eigenvalue weighted by Gasteiger charge is -2.43. The smallest absolute Gasteiger partial charge is 0.249 e. The first kappa shape index (κ1) is 27.6. The maximum atomic E-state index is 13.1. The lowest BCUT2D eigenvalue weighted by Crippen LogP contribution is -2.55. The van der Waals surface area contributed by atoms with E-state index < -0.39 is 0 Å². The maximum Gasteiger partial charge on any atom is 0.249 e. The van der Waals surface area contributed by atoms with E-state index in [1.165, 1.54) is 12.8 Å². The molecule has 2 N–H and O–H groups in total. The number of nitrogens with zero attached hydrogens (tertiary/aromatic N) is 4. The first-order chi connectivity index (χ1) is 19.1. The molecule has 0 spiro atoms. The molecule has 10 heteroatoms. The maximum absolute atomic E-state index is 13.1. The normalized spacial score (nSPS) is 20.4. The SMILES string of the molecule is CC[C@@H]1C(=O)N(C)c2cnc(Nc3cccc(OCCOCCOC4CCNCC4)c3)nc2N1C1CCCC1. The van der Waals surface area contributed by atoms with E-state index in [1.807, 2.05) is 31.3 Å². The lowest BCUT2D eigenvalue weighted by molar-refractivity contribution is -0.120. The molecule has 0 radical (unpaired) electrons. The van der Waals surface area contributed by atoms with E-state index in [2.05, 4.69) is 27.4 Å². The topological polar surface area (TPSA) is 101 Å². The first-order valence-corrected chi connectivity index (χ1v) is 14.5. The average Bonchev–Trinajstić information content (AvgIpc) is 3.49. The molecule has 2 fully saturated rings. The van der Waals surface area contributed by atoms with E-state index in [1.54, 1.807) is 11.1 Å². The third kappa shape index (κ3) is 6.80. The number of amides is 1. The van der Waals surface area contributed by atoms with Crippen LogP contribution in [0.5, 0.6) is 5.75 Å². The van der Waals surface area contributed by atoms with Gasteiger partial charge in [-0.05, 0) is 57.3 Å². The standard InChI is InChI=1S/C29H42N6O4/c1-3-25-28(36)34(2)26-20-31-29(33-27(26)35(25)22-8-4-5-9-22)32-21-7-6-10-24(19-21)39-18-16-37-15-17-38-23-11-13-30-14-12-23/h6-7,10,19-20,22-23,25,30H,3-5,8-9,11-18H2,1-2H3,(H,31,32,33)/t25-/m1/s1. The van der Waals surface area contributed by atoms with Crippen molar-refractivity contribution in [3.05, 3.63) is 30.5 Å². The summed E-state index contributed by atoms with van der Waals surface area (Å²) in [6, 6.07) is 7.90. The van der Waals surface area contributed by atoms with Crippen LogP contribution in [0.1, 0.15) is 51.9 Å². The number of piperidine rings is 1. The highest BCUT2D eigenvalue weighted by Crippen LogP contribution is 2.40. The predicted molar refractivity (Wildman–Crippen MR) is 152 cm³/mol. The Hall–Kier alpha value is -2.95. The van der Waals surface area contributed by atoms with Gasteiger partial charge in [0.1, 0.15) is 24.1 Å². The molecule has 1 saturated carbocycles. The van der Waals surface area contributed by atoms with Crippen molar-refractivity contribution in [2.75, 3.05) is 61.7 Å². The highest BCUT2D eigenvalue weighted by molar-refractivity contribution is 6.04. The lowest BCUT2D eigenvalue weighted by atomic mass is 10.0. The number of aromatic nitrogens is 2. The average molecular weight is 539 g/mol. The van der Waals surface area contributed by atoms with Gasteiger partial charge in [-0.15, -0.1) is 0 Å². The Morgan fingerprint density at radius 2 is 1.87 bits per heavy atom. The van der Waals surface area contributed by atoms with Gasteiger partial charge in [0, 0.05) is 24.8 Å². The van der Waals surface area contributed by atoms with E-state index in [9.17, 15) is 4.79 Å². The van der Waals surface area contributed by atoms with Gasteiger partial charge >= 0.3 is 0 Å². The van der Waals surface area contributed by atoms with Crippen LogP contribution in [0.3, 0.4) is 0 Å². The quantitative estimate of drug-likeness (QED) is 0.390. The third-order valence-corrected chi connectivity index (χ3v) is 7.87. The molecule has 1 saturated heterocycles. The molecule has 1 aliphatic carbocycles. The summed E-state index contributed by atoms with van der Waals surface area (Å²) in [6.45, 7) is 6.28. The minimum absolute atomic E-state index is 0.115. The van der Waals surface area contributed by atoms with Gasteiger partial charge < -0.3 is 34.6 Å². The molecule has 2 aliphatic heterocycles. The molecule has 212 valence electrons. The van der Waals surface area contributed by atoms with Crippen LogP contribution in [-0.2, 0) is 14.3 Å². The van der Waals surface area contributed by atoms with Crippen molar-refractivity contribution in [3.8, 4) is 5.75 Å². The summed E-state index contributed by atoms with van der Waals surface area (Å²) >= 11 is 0. The Morgan fingerprint density at radius 3 is 2.67 bits per heavy atom. The van der Waals surface area contributed by atoms with Gasteiger partial charge in [0.25, 0.3) is 0 Å². The minimum Gasteiger partial charge on any atom is -0.491 e. The predicted octanol–water partition coefficient (Wildman–Crippen LogP) is 3.89. The van der Waals surface area contributed by atoms with Crippen LogP contribution in [0.25, 0.3) is 0 Å². The van der Waals surface area contributed by atoms with Crippen LogP contribution < -0.4 is 25.2 Å². The number of anilines is 4. The molecule has 39 heavy (non-hydrogen) atoms. The zero-order chi connectivity index (χ0) is 27.0. The van der Waals surface area contributed by atoms with Gasteiger partial charge in [0.05, 0.1) is 32.1 Å². The number of fused-ring (bicyclic) bond motifs is 1. The minimum atomic E-state index is -0.191. The molecule has 3 aliphatic rings. The Bertz CT molecular complexity index is 1090. The fraction of sp³-hybridized carbons (Fsp3) is 0.621. The van der Waals surface area contributed by atoms with Gasteiger partial charge in [0.15, 0.2) is 5.82 Å². The number of hydrogen-bond donors (Lipinski definition) is 2. The Balaban J connectivity index is 1.16. The zero-order valence-corrected chi connectivity index (χ0v) is 23.2. The van der Waals surface area contributed by atoms with Crippen LogP contribution >= 0.6 is 0 Å². The molecule has 10 nitrogen and oxygen atoms in total. The second-order valence-electron chi connectivity index (χ2n) is 10.5. The second kappa shape index (κ2) is 13.4. The largest absolute Gasteiger partial charge is 0.491 e. The molecule has 5 rings (SSSR count). The molecule has 1 aromatic carbocycles. The highest BCUT2D eigenvalue weighted by atomic mass is 16.5. The van der Waals surface area contributed by atoms with Crippen molar-refractivity contribution in [1.29, 1.82) is 0 Å². The van der Waals surface area contributed by atoms with E-state index in [-0.39, 0.29) is 11.9 Å². The van der Waals surface area contributed by atoms with E-state index in [0.717, 1.165) is 68.1 Å². The van der Waals surface area contributed by atoms with E-state index >= 15 is 0 Å². The van der Waals surface area contributed by atoms with Gasteiger partial charge in [0.2, 0.25) is 11.9 Å². The molecule has 0 bridgehead atoms. The number of ether oxygens (including phenoxy) is 3. The molecule has 1 amide bonds. The molecule has 0 unspecified atom stereocenters. The molecular formula is C29H42N6O4. The molecular weight excluding hydrogens is 496 g/mol. The monoisotopic (exact) mass is 538 g/mol. The van der Waals surface area contributed by atoms with E-state index in [0.29, 0.717) is 44.5 Å². The van der Waals surface area contributed by atoms with Crippen molar-refractivity contribution in [3.63, 3.8) is 0 Å². The van der Waals surface area contributed by atoms with Crippen molar-refractivity contribution in [2.24, 2.45) is 0 Å². The number of rotatable bonds is 12. The summed E-state index contributed by atoms with van der Waals surface area (Å²) < 4.78 is 17.4. The number of hydrogen-bond acceptors (Lipinski definition) is 9. The summed E-state index contributed by atoms with van der Waals surface area (Å²) in [6.07, 6.45) is 9.56. The summed E-state index contributed by atoms with van der Waals surface area (Å²) in [5.41, 5.74) is 1.60. The number of carbonyl (C=O) groups excluding carboxylic acids is 1. The Morgan fingerprint density at radius 1 is 1.08 bits per heavy atom. The van der Waals surface area contributed by atoms with Crippen LogP contribution in [0.4, 0.5) is 23.1 Å². The summed E-state index contributed by atoms with van der Waals surface area (Å²) in [5, 5.41) is 6.67. The molecule has 2 aromatic rings. The van der Waals surface area contributed by atoms with Crippen molar-refractivity contribution in [1.82, 2.24) is 15.3 Å². The van der Waals surface area contributed by atoms with Crippen molar-refractivity contribution >= 4 is 29.0 Å². The van der Waals surface area contributed by atoms with Crippen LogP contribution in [0, 0.1) is 0 Å². The van der Waals surface area contributed by atoms with Crippen molar-refractivity contribution < 1.29 is 19.0 Å². The Kier molecular flexibility index (Phi) is 9.49. The second-order valence-corrected chi connectivity index (χ2v) is 10.5. The summed E-state index contributed by atoms with van der Waals surface area (Å²) in [4.78, 5) is 26.5. The summed E-state index contributed by atoms with van der Waals surface area (Å²) in [5.74, 6) is 2.20. The van der Waals surface area contributed by atoms with Gasteiger partial charge in [-0.25, -0.2) is 4.98 Å². The van der Waals surface area contributed by atoms with Crippen LogP contribution in [0.15, 0.2) is 30.5 Å². The summed E-state index contributed by atoms with van der Waals surface area (Å²) in [7, 11) is 1.82. The third-order valence-electron chi connectivity index (χ3n) is 7.87. The molecule has 3 heterocycles. The molecule has 1 atom stereocenters.